The van der Waals surface area contributed by atoms with E-state index in [0.717, 1.165) is 4.90 Å². The van der Waals surface area contributed by atoms with E-state index in [0.29, 0.717) is 33.5 Å². The van der Waals surface area contributed by atoms with E-state index in [1.165, 1.54) is 19.4 Å². The number of nitrogens with two attached hydrogens (primary N) is 1. The van der Waals surface area contributed by atoms with E-state index < -0.39 is 55.4 Å². The topological polar surface area (TPSA) is 197 Å². The van der Waals surface area contributed by atoms with Gasteiger partial charge in [-0.25, -0.2) is 13.6 Å². The number of nitriles is 1. The number of halogens is 5. The predicted octanol–water partition coefficient (Wildman–Crippen LogP) is 2.49. The van der Waals surface area contributed by atoms with Crippen molar-refractivity contribution < 1.29 is 55.7 Å². The number of methoxy groups -OCH3 is 1. The molecule has 4 rings (SSSR count). The Kier molecular flexibility index (Phi) is 12.2. The van der Waals surface area contributed by atoms with Gasteiger partial charge in [-0.1, -0.05) is 6.07 Å². The van der Waals surface area contributed by atoms with Gasteiger partial charge in [0.25, 0.3) is 11.8 Å². The second-order valence-corrected chi connectivity index (χ2v) is 10.1. The van der Waals surface area contributed by atoms with E-state index in [2.05, 4.69) is 15.6 Å². The number of hydrogen-bond donors (Lipinski definition) is 4. The van der Waals surface area contributed by atoms with E-state index in [-0.39, 0.29) is 31.2 Å². The molecule has 5 N–H and O–H groups in total. The molecule has 0 bridgehead atoms. The SMILES string of the molecule is COc1ccc(-c2ccc3nccc(C(=O)NCC(=O)N4CC(F)(F)C[C@H]4C#N)c3c2)c(OCCNC(=O)CN)c1.O=C(O)C(F)(F)F. The summed E-state index contributed by atoms with van der Waals surface area (Å²) in [5.41, 5.74) is 7.40. The summed E-state index contributed by atoms with van der Waals surface area (Å²) in [5, 5.41) is 21.9. The summed E-state index contributed by atoms with van der Waals surface area (Å²) < 4.78 is 70.4. The van der Waals surface area contributed by atoms with Gasteiger partial charge in [-0.2, -0.15) is 18.4 Å². The average Bonchev–Trinajstić information content (AvgIpc) is 3.38. The van der Waals surface area contributed by atoms with Gasteiger partial charge in [0, 0.05) is 29.6 Å². The third-order valence-corrected chi connectivity index (χ3v) is 6.74. The number of amides is 3. The van der Waals surface area contributed by atoms with Gasteiger partial charge in [0.2, 0.25) is 11.8 Å². The molecule has 0 spiro atoms. The standard InChI is InChI=1S/C28H28F2N6O5.C2HF3O2/c1-40-19-3-4-20(24(11-19)41-9-8-34-25(37)14-32)17-2-5-23-22(10-17)21(6-7-33-23)27(39)35-15-26(38)36-16-28(29,30)12-18(36)13-31;3-2(4,5)1(6)7/h2-7,10-11,18H,8-9,12,14-16,32H2,1H3,(H,34,37)(H,35,39);(H,6,7)/t18-;/m0./s1. The van der Waals surface area contributed by atoms with Crippen molar-refractivity contribution in [2.24, 2.45) is 5.73 Å². The number of rotatable bonds is 10. The molecule has 256 valence electrons. The Bertz CT molecular complexity index is 1710. The van der Waals surface area contributed by atoms with Gasteiger partial charge >= 0.3 is 12.1 Å². The summed E-state index contributed by atoms with van der Waals surface area (Å²) in [5.74, 6) is -6.57. The van der Waals surface area contributed by atoms with Gasteiger partial charge in [-0.15, -0.1) is 0 Å². The van der Waals surface area contributed by atoms with Crippen molar-refractivity contribution in [2.45, 2.75) is 24.6 Å². The third kappa shape index (κ3) is 9.72. The van der Waals surface area contributed by atoms with Crippen molar-refractivity contribution in [1.82, 2.24) is 20.5 Å². The largest absolute Gasteiger partial charge is 0.497 e. The Hall–Kier alpha value is -5.57. The number of carboxylic acids is 1. The molecule has 1 aliphatic heterocycles. The minimum Gasteiger partial charge on any atom is -0.497 e. The number of pyridine rings is 1. The first-order valence-corrected chi connectivity index (χ1v) is 13.9. The van der Waals surface area contributed by atoms with Crippen LogP contribution in [0.5, 0.6) is 11.5 Å². The van der Waals surface area contributed by atoms with Crippen LogP contribution in [0.15, 0.2) is 48.7 Å². The van der Waals surface area contributed by atoms with Gasteiger partial charge in [0.1, 0.15) is 24.1 Å². The van der Waals surface area contributed by atoms with Crippen molar-refractivity contribution >= 4 is 34.6 Å². The number of fused-ring (bicyclic) bond motifs is 1. The minimum atomic E-state index is -5.08. The van der Waals surface area contributed by atoms with Gasteiger partial charge in [-0.3, -0.25) is 19.4 Å². The van der Waals surface area contributed by atoms with Crippen molar-refractivity contribution in [3.63, 3.8) is 0 Å². The lowest BCUT2D eigenvalue weighted by Gasteiger charge is -2.19. The molecular formula is C30H29F5N6O7. The van der Waals surface area contributed by atoms with E-state index in [4.69, 9.17) is 30.4 Å². The molecule has 1 aromatic heterocycles. The second-order valence-electron chi connectivity index (χ2n) is 10.1. The lowest BCUT2D eigenvalue weighted by molar-refractivity contribution is -0.192. The normalized spacial score (nSPS) is 15.0. The summed E-state index contributed by atoms with van der Waals surface area (Å²) >= 11 is 0. The van der Waals surface area contributed by atoms with E-state index in [1.807, 2.05) is 0 Å². The Morgan fingerprint density at radius 2 is 1.85 bits per heavy atom. The molecule has 0 radical (unpaired) electrons. The molecule has 0 saturated carbocycles. The number of aromatic nitrogens is 1. The zero-order chi connectivity index (χ0) is 35.6. The minimum absolute atomic E-state index is 0.131. The predicted molar refractivity (Wildman–Crippen MR) is 158 cm³/mol. The summed E-state index contributed by atoms with van der Waals surface area (Å²) in [6.45, 7) is -1.14. The Morgan fingerprint density at radius 1 is 1.15 bits per heavy atom. The van der Waals surface area contributed by atoms with Crippen LogP contribution >= 0.6 is 0 Å². The van der Waals surface area contributed by atoms with E-state index in [1.54, 1.807) is 42.5 Å². The molecule has 48 heavy (non-hydrogen) atoms. The smallest absolute Gasteiger partial charge is 0.490 e. The molecule has 3 aromatic rings. The summed E-state index contributed by atoms with van der Waals surface area (Å²) in [4.78, 5) is 51.1. The summed E-state index contributed by atoms with van der Waals surface area (Å²) in [7, 11) is 1.52. The average molecular weight is 681 g/mol. The van der Waals surface area contributed by atoms with Crippen LogP contribution in [0, 0.1) is 11.3 Å². The molecular weight excluding hydrogens is 651 g/mol. The van der Waals surface area contributed by atoms with Crippen LogP contribution in [0.2, 0.25) is 0 Å². The molecule has 1 atom stereocenters. The number of nitrogens with zero attached hydrogens (tertiary/aromatic N) is 3. The molecule has 0 unspecified atom stereocenters. The first kappa shape index (κ1) is 36.9. The maximum Gasteiger partial charge on any atom is 0.490 e. The van der Waals surface area contributed by atoms with Crippen LogP contribution in [0.3, 0.4) is 0 Å². The maximum absolute atomic E-state index is 13.7. The number of carbonyl (C=O) groups excluding carboxylic acids is 3. The monoisotopic (exact) mass is 680 g/mol. The van der Waals surface area contributed by atoms with Gasteiger partial charge in [0.15, 0.2) is 0 Å². The van der Waals surface area contributed by atoms with Crippen molar-refractivity contribution in [3.05, 3.63) is 54.2 Å². The third-order valence-electron chi connectivity index (χ3n) is 6.74. The number of ether oxygens (including phenoxy) is 2. The molecule has 1 fully saturated rings. The number of likely N-dealkylation sites (tertiary alicyclic amines) is 1. The van der Waals surface area contributed by atoms with E-state index in [9.17, 15) is 36.3 Å². The van der Waals surface area contributed by atoms with Crippen molar-refractivity contribution in [3.8, 4) is 28.7 Å². The highest BCUT2D eigenvalue weighted by Gasteiger charge is 2.47. The zero-order valence-electron chi connectivity index (χ0n) is 25.1. The van der Waals surface area contributed by atoms with Gasteiger partial charge in [-0.05, 0) is 35.9 Å². The fraction of sp³-hybridized carbons (Fsp3) is 0.333. The zero-order valence-corrected chi connectivity index (χ0v) is 25.1. The van der Waals surface area contributed by atoms with Crippen LogP contribution in [0.4, 0.5) is 22.0 Å². The Morgan fingerprint density at radius 3 is 2.48 bits per heavy atom. The number of hydrogen-bond acceptors (Lipinski definition) is 9. The van der Waals surface area contributed by atoms with Crippen LogP contribution in [-0.2, 0) is 14.4 Å². The lowest BCUT2D eigenvalue weighted by Crippen LogP contribution is -2.43. The summed E-state index contributed by atoms with van der Waals surface area (Å²) in [6, 6.07) is 12.5. The molecule has 3 amide bonds. The molecule has 2 heterocycles. The fourth-order valence-corrected chi connectivity index (χ4v) is 4.47. The van der Waals surface area contributed by atoms with Crippen molar-refractivity contribution in [1.29, 1.82) is 5.26 Å². The summed E-state index contributed by atoms with van der Waals surface area (Å²) in [6.07, 6.45) is -4.37. The Labute approximate surface area is 269 Å². The first-order chi connectivity index (χ1) is 22.6. The number of carbonyl (C=O) groups is 4. The molecule has 13 nitrogen and oxygen atoms in total. The second kappa shape index (κ2) is 15.8. The molecule has 18 heteroatoms. The number of nitrogens with one attached hydrogen (secondary N) is 2. The highest BCUT2D eigenvalue weighted by molar-refractivity contribution is 6.07. The fourth-order valence-electron chi connectivity index (χ4n) is 4.47. The number of alkyl halides is 5. The molecule has 0 aliphatic carbocycles. The van der Waals surface area contributed by atoms with E-state index >= 15 is 0 Å². The van der Waals surface area contributed by atoms with Crippen molar-refractivity contribution in [2.75, 3.05) is 39.9 Å². The number of benzene rings is 2. The highest BCUT2D eigenvalue weighted by Crippen LogP contribution is 2.35. The van der Waals surface area contributed by atoms with Gasteiger partial charge in [0.05, 0.1) is 50.4 Å². The number of carboxylic acid groups (broad SMARTS) is 1. The first-order valence-electron chi connectivity index (χ1n) is 13.9. The van der Waals surface area contributed by atoms with Crippen LogP contribution in [0.25, 0.3) is 22.0 Å². The highest BCUT2D eigenvalue weighted by atomic mass is 19.4. The molecule has 2 aromatic carbocycles. The Balaban J connectivity index is 0.000000804. The van der Waals surface area contributed by atoms with Crippen LogP contribution in [-0.4, -0.2) is 96.7 Å². The molecule has 1 aliphatic rings. The van der Waals surface area contributed by atoms with Crippen LogP contribution < -0.4 is 25.8 Å². The quantitative estimate of drug-likeness (QED) is 0.182. The van der Waals surface area contributed by atoms with Gasteiger partial charge < -0.3 is 35.8 Å². The maximum atomic E-state index is 13.7. The number of aliphatic carboxylic acids is 1. The molecule has 1 saturated heterocycles. The lowest BCUT2D eigenvalue weighted by atomic mass is 9.99. The van der Waals surface area contributed by atoms with Crippen LogP contribution in [0.1, 0.15) is 16.8 Å².